The third-order valence-corrected chi connectivity index (χ3v) is 7.11. The molecule has 2 aromatic rings. The van der Waals surface area contributed by atoms with Crippen molar-refractivity contribution in [1.82, 2.24) is 24.2 Å². The fourth-order valence-electron chi connectivity index (χ4n) is 4.12. The van der Waals surface area contributed by atoms with Gasteiger partial charge in [-0.2, -0.15) is 19.3 Å². The molecule has 25 heavy (non-hydrogen) atoms. The smallest absolute Gasteiger partial charge is 0.312 e. The van der Waals surface area contributed by atoms with E-state index in [1.165, 1.54) is 15.2 Å². The molecule has 10 heteroatoms. The van der Waals surface area contributed by atoms with Crippen molar-refractivity contribution >= 4 is 27.0 Å². The predicted octanol–water partition coefficient (Wildman–Crippen LogP) is -0.395. The number of sulfonamides is 1. The summed E-state index contributed by atoms with van der Waals surface area (Å²) in [5, 5.41) is 18.1. The number of carboxylic acids is 1. The van der Waals surface area contributed by atoms with E-state index in [1.54, 1.807) is 19.2 Å². The van der Waals surface area contributed by atoms with Gasteiger partial charge in [0.1, 0.15) is 15.9 Å². The topological polar surface area (TPSA) is 109 Å². The van der Waals surface area contributed by atoms with Crippen LogP contribution in [0.15, 0.2) is 23.1 Å². The first-order valence-electron chi connectivity index (χ1n) is 7.96. The lowest BCUT2D eigenvalue weighted by molar-refractivity contribution is -0.148. The van der Waals surface area contributed by atoms with Crippen molar-refractivity contribution in [3.05, 3.63) is 18.2 Å². The van der Waals surface area contributed by atoms with E-state index in [0.717, 1.165) is 0 Å². The normalized spacial score (nSPS) is 27.8. The van der Waals surface area contributed by atoms with Gasteiger partial charge in [-0.1, -0.05) is 6.07 Å². The molecule has 0 unspecified atom stereocenters. The second kappa shape index (κ2) is 5.23. The van der Waals surface area contributed by atoms with Gasteiger partial charge in [-0.3, -0.25) is 4.79 Å². The van der Waals surface area contributed by atoms with E-state index < -0.39 is 21.4 Å². The minimum Gasteiger partial charge on any atom is -0.481 e. The second-order valence-electron chi connectivity index (χ2n) is 6.97. The number of aromatic nitrogens is 3. The van der Waals surface area contributed by atoms with Crippen LogP contribution in [0.2, 0.25) is 0 Å². The van der Waals surface area contributed by atoms with Crippen molar-refractivity contribution in [1.29, 1.82) is 0 Å². The highest BCUT2D eigenvalue weighted by Gasteiger charge is 2.59. The zero-order chi connectivity index (χ0) is 18.0. The van der Waals surface area contributed by atoms with Crippen molar-refractivity contribution in [3.8, 4) is 0 Å². The van der Waals surface area contributed by atoms with Crippen LogP contribution >= 0.6 is 0 Å². The van der Waals surface area contributed by atoms with Crippen LogP contribution in [0.4, 0.5) is 0 Å². The number of aryl methyl sites for hydroxylation is 1. The third-order valence-electron chi connectivity index (χ3n) is 5.27. The molecule has 1 aromatic carbocycles. The summed E-state index contributed by atoms with van der Waals surface area (Å²) in [6.45, 7) is 1.12. The minimum atomic E-state index is -3.85. The lowest BCUT2D eigenvalue weighted by atomic mass is 9.81. The van der Waals surface area contributed by atoms with Crippen LogP contribution in [0, 0.1) is 11.3 Å². The molecule has 2 aliphatic rings. The van der Waals surface area contributed by atoms with Gasteiger partial charge in [0.25, 0.3) is 0 Å². The maximum absolute atomic E-state index is 13.2. The van der Waals surface area contributed by atoms with Gasteiger partial charge in [0.2, 0.25) is 10.0 Å². The highest BCUT2D eigenvalue weighted by atomic mass is 32.2. The fourth-order valence-corrected chi connectivity index (χ4v) is 5.81. The molecule has 2 aliphatic heterocycles. The van der Waals surface area contributed by atoms with Crippen LogP contribution < -0.4 is 0 Å². The summed E-state index contributed by atoms with van der Waals surface area (Å²) in [6.07, 6.45) is 0. The van der Waals surface area contributed by atoms with Gasteiger partial charge in [0.05, 0.1) is 5.41 Å². The van der Waals surface area contributed by atoms with Crippen molar-refractivity contribution in [3.63, 3.8) is 0 Å². The van der Waals surface area contributed by atoms with Crippen LogP contribution in [-0.4, -0.2) is 76.9 Å². The number of nitrogens with zero attached hydrogens (tertiary/aromatic N) is 5. The van der Waals surface area contributed by atoms with Crippen LogP contribution in [0.3, 0.4) is 0 Å². The molecule has 0 bridgehead atoms. The molecule has 1 aromatic heterocycles. The molecule has 134 valence electrons. The molecule has 2 fully saturated rings. The van der Waals surface area contributed by atoms with Crippen LogP contribution in [0.25, 0.3) is 11.0 Å². The molecule has 1 N–H and O–H groups in total. The highest BCUT2D eigenvalue weighted by molar-refractivity contribution is 7.89. The molecule has 0 aliphatic carbocycles. The van der Waals surface area contributed by atoms with E-state index in [1.807, 2.05) is 11.9 Å². The molecule has 0 spiro atoms. The average Bonchev–Trinajstić information content (AvgIpc) is 3.15. The zero-order valence-electron chi connectivity index (χ0n) is 14.0. The number of benzene rings is 1. The lowest BCUT2D eigenvalue weighted by Gasteiger charge is -2.24. The lowest BCUT2D eigenvalue weighted by Crippen LogP contribution is -2.41. The molecule has 0 amide bonds. The molecular weight excluding hydrogens is 346 g/mol. The van der Waals surface area contributed by atoms with Crippen molar-refractivity contribution < 1.29 is 18.3 Å². The summed E-state index contributed by atoms with van der Waals surface area (Å²) in [5.74, 6) is -1.15. The molecule has 4 rings (SSSR count). The summed E-state index contributed by atoms with van der Waals surface area (Å²) in [7, 11) is -0.353. The molecule has 0 saturated carbocycles. The van der Waals surface area contributed by atoms with Crippen molar-refractivity contribution in [2.75, 3.05) is 33.2 Å². The Morgan fingerprint density at radius 1 is 1.24 bits per heavy atom. The fraction of sp³-hybridized carbons (Fsp3) is 0.533. The van der Waals surface area contributed by atoms with E-state index in [0.29, 0.717) is 24.1 Å². The molecule has 2 atom stereocenters. The average molecular weight is 365 g/mol. The van der Waals surface area contributed by atoms with Gasteiger partial charge in [0, 0.05) is 39.1 Å². The summed E-state index contributed by atoms with van der Waals surface area (Å²) >= 11 is 0. The molecule has 3 heterocycles. The number of carboxylic acid groups (broad SMARTS) is 1. The number of rotatable bonds is 3. The van der Waals surface area contributed by atoms with Gasteiger partial charge in [-0.05, 0) is 19.2 Å². The molecule has 2 saturated heterocycles. The van der Waals surface area contributed by atoms with E-state index in [4.69, 9.17) is 0 Å². The summed E-state index contributed by atoms with van der Waals surface area (Å²) < 4.78 is 27.6. The van der Waals surface area contributed by atoms with Gasteiger partial charge >= 0.3 is 5.97 Å². The van der Waals surface area contributed by atoms with Gasteiger partial charge < -0.3 is 10.0 Å². The molecule has 9 nitrogen and oxygen atoms in total. The maximum Gasteiger partial charge on any atom is 0.312 e. The monoisotopic (exact) mass is 365 g/mol. The Balaban J connectivity index is 1.76. The van der Waals surface area contributed by atoms with Crippen LogP contribution in [0.5, 0.6) is 0 Å². The Hall–Kier alpha value is -2.04. The summed E-state index contributed by atoms with van der Waals surface area (Å²) in [5.41, 5.74) is -0.239. The van der Waals surface area contributed by atoms with Crippen molar-refractivity contribution in [2.45, 2.75) is 4.90 Å². The quantitative estimate of drug-likeness (QED) is 0.789. The largest absolute Gasteiger partial charge is 0.481 e. The third kappa shape index (κ3) is 2.28. The van der Waals surface area contributed by atoms with E-state index in [2.05, 4.69) is 10.2 Å². The number of fused-ring (bicyclic) bond motifs is 2. The van der Waals surface area contributed by atoms with E-state index >= 15 is 0 Å². The Morgan fingerprint density at radius 2 is 2.00 bits per heavy atom. The van der Waals surface area contributed by atoms with Gasteiger partial charge in [-0.15, -0.1) is 0 Å². The Labute approximate surface area is 144 Å². The van der Waals surface area contributed by atoms with Crippen LogP contribution in [-0.2, 0) is 21.9 Å². The first kappa shape index (κ1) is 16.4. The minimum absolute atomic E-state index is 0.0175. The van der Waals surface area contributed by atoms with Crippen molar-refractivity contribution in [2.24, 2.45) is 18.4 Å². The maximum atomic E-state index is 13.2. The standard InChI is InChI=1S/C15H19N5O4S/c1-18-6-10-7-20(9-15(10,8-18)14(21)22)25(23,24)12-5-3-4-11-13(12)17-19(2)16-11/h3-5,10H,6-9H2,1-2H3,(H,21,22)/t10-,15-/m1/s1. The molecule has 0 radical (unpaired) electrons. The SMILES string of the molecule is CN1C[C@@H]2CN(S(=O)(=O)c3cccc4nn(C)nc34)C[C@]2(C(=O)O)C1. The molecular formula is C15H19N5O4S. The number of carbonyl (C=O) groups is 1. The first-order chi connectivity index (χ1) is 11.7. The Bertz CT molecular complexity index is 971. The zero-order valence-corrected chi connectivity index (χ0v) is 14.8. The summed E-state index contributed by atoms with van der Waals surface area (Å²) in [4.78, 5) is 15.3. The second-order valence-corrected chi connectivity index (χ2v) is 8.87. The predicted molar refractivity (Wildman–Crippen MR) is 88.3 cm³/mol. The number of hydrogen-bond donors (Lipinski definition) is 1. The first-order valence-corrected chi connectivity index (χ1v) is 9.40. The number of likely N-dealkylation sites (tertiary alicyclic amines) is 1. The van der Waals surface area contributed by atoms with Crippen LogP contribution in [0.1, 0.15) is 0 Å². The van der Waals surface area contributed by atoms with E-state index in [9.17, 15) is 18.3 Å². The summed E-state index contributed by atoms with van der Waals surface area (Å²) in [6, 6.07) is 4.83. The highest BCUT2D eigenvalue weighted by Crippen LogP contribution is 2.44. The Kier molecular flexibility index (Phi) is 3.44. The van der Waals surface area contributed by atoms with Gasteiger partial charge in [-0.25, -0.2) is 8.42 Å². The van der Waals surface area contributed by atoms with E-state index in [-0.39, 0.29) is 23.9 Å². The van der Waals surface area contributed by atoms with Gasteiger partial charge in [0.15, 0.2) is 0 Å². The Morgan fingerprint density at radius 3 is 2.68 bits per heavy atom. The number of hydrogen-bond acceptors (Lipinski definition) is 6. The number of aliphatic carboxylic acids is 1.